The van der Waals surface area contributed by atoms with Gasteiger partial charge in [0, 0.05) is 44.3 Å². The van der Waals surface area contributed by atoms with Crippen LogP contribution in [0.15, 0.2) is 22.9 Å². The Morgan fingerprint density at radius 3 is 3.00 bits per heavy atom. The fourth-order valence-corrected chi connectivity index (χ4v) is 3.70. The maximum atomic E-state index is 12.6. The topological polar surface area (TPSA) is 70.4 Å². The third-order valence-corrected chi connectivity index (χ3v) is 4.85. The Morgan fingerprint density at radius 1 is 1.45 bits per heavy atom. The van der Waals surface area contributed by atoms with Crippen molar-refractivity contribution in [1.82, 2.24) is 15.6 Å². The van der Waals surface area contributed by atoms with Crippen molar-refractivity contribution in [3.05, 3.63) is 24.2 Å². The fourth-order valence-electron chi connectivity index (χ4n) is 3.70. The number of piperidine rings is 1. The van der Waals surface area contributed by atoms with Gasteiger partial charge in [0.2, 0.25) is 0 Å². The maximum absolute atomic E-state index is 12.6. The first kappa shape index (κ1) is 13.6. The first-order chi connectivity index (χ1) is 10.6. The lowest BCUT2D eigenvalue weighted by Gasteiger charge is -2.23. The zero-order valence-corrected chi connectivity index (χ0v) is 12.8. The number of fused-ring (bicyclic) bond motifs is 3. The van der Waals surface area contributed by atoms with Gasteiger partial charge in [-0.1, -0.05) is 0 Å². The Bertz CT molecular complexity index is 724. The fraction of sp³-hybridized carbons (Fsp3) is 0.500. The summed E-state index contributed by atoms with van der Waals surface area (Å²) >= 11 is 0. The van der Waals surface area contributed by atoms with Crippen LogP contribution in [0.3, 0.4) is 0 Å². The van der Waals surface area contributed by atoms with Crippen molar-refractivity contribution in [2.45, 2.75) is 24.9 Å². The Kier molecular flexibility index (Phi) is 3.07. The number of anilines is 1. The predicted molar refractivity (Wildman–Crippen MR) is 84.1 cm³/mol. The normalized spacial score (nSPS) is 26.5. The van der Waals surface area contributed by atoms with Crippen molar-refractivity contribution in [2.75, 3.05) is 25.5 Å². The number of hydrogen-bond acceptors (Lipinski definition) is 5. The molecule has 2 aromatic heterocycles. The maximum Gasteiger partial charge on any atom is 0.274 e. The summed E-state index contributed by atoms with van der Waals surface area (Å²) in [7, 11) is 3.90. The molecule has 2 bridgehead atoms. The number of amides is 1. The van der Waals surface area contributed by atoms with Gasteiger partial charge in [-0.15, -0.1) is 0 Å². The molecule has 22 heavy (non-hydrogen) atoms. The van der Waals surface area contributed by atoms with Crippen LogP contribution in [0.25, 0.3) is 11.0 Å². The molecule has 0 spiro atoms. The molecule has 1 aliphatic carbocycles. The Balaban J connectivity index is 1.62. The van der Waals surface area contributed by atoms with E-state index >= 15 is 0 Å². The molecule has 3 atom stereocenters. The van der Waals surface area contributed by atoms with Crippen molar-refractivity contribution >= 4 is 22.6 Å². The highest BCUT2D eigenvalue weighted by atomic mass is 16.3. The molecular weight excluding hydrogens is 280 g/mol. The molecule has 6 nitrogen and oxygen atoms in total. The highest BCUT2D eigenvalue weighted by Crippen LogP contribution is 2.32. The summed E-state index contributed by atoms with van der Waals surface area (Å²) < 4.78 is 5.61. The zero-order valence-electron chi connectivity index (χ0n) is 12.8. The van der Waals surface area contributed by atoms with E-state index in [1.807, 2.05) is 25.1 Å². The summed E-state index contributed by atoms with van der Waals surface area (Å²) in [6.07, 6.45) is 5.51. The predicted octanol–water partition coefficient (Wildman–Crippen LogP) is 1.37. The van der Waals surface area contributed by atoms with E-state index in [1.165, 1.54) is 0 Å². The summed E-state index contributed by atoms with van der Waals surface area (Å²) in [6, 6.07) is 2.69. The second-order valence-corrected chi connectivity index (χ2v) is 6.47. The largest absolute Gasteiger partial charge is 0.460 e. The minimum Gasteiger partial charge on any atom is -0.460 e. The Labute approximate surface area is 128 Å². The summed E-state index contributed by atoms with van der Waals surface area (Å²) in [5.74, 6) is 0.407. The van der Waals surface area contributed by atoms with Crippen LogP contribution in [0.2, 0.25) is 0 Å². The number of carbonyl (C=O) groups is 1. The van der Waals surface area contributed by atoms with E-state index in [2.05, 4.69) is 15.6 Å². The number of rotatable bonds is 3. The van der Waals surface area contributed by atoms with E-state index in [0.29, 0.717) is 23.2 Å². The molecule has 1 aliphatic heterocycles. The number of hydrogen-bond donors (Lipinski definition) is 2. The third-order valence-electron chi connectivity index (χ3n) is 4.85. The van der Waals surface area contributed by atoms with E-state index in [9.17, 15) is 4.79 Å². The van der Waals surface area contributed by atoms with Gasteiger partial charge in [-0.2, -0.15) is 0 Å². The molecular formula is C16H20N4O2. The summed E-state index contributed by atoms with van der Waals surface area (Å²) in [6.45, 7) is 0.999. The average Bonchev–Trinajstić information content (AvgIpc) is 3.20. The van der Waals surface area contributed by atoms with Gasteiger partial charge in [-0.05, 0) is 24.8 Å². The molecule has 1 amide bonds. The van der Waals surface area contributed by atoms with Crippen molar-refractivity contribution in [2.24, 2.45) is 5.92 Å². The Hall–Kier alpha value is -2.08. The van der Waals surface area contributed by atoms with Crippen LogP contribution in [0.4, 0.5) is 5.69 Å². The second kappa shape index (κ2) is 4.98. The molecule has 116 valence electrons. The van der Waals surface area contributed by atoms with Gasteiger partial charge in [0.25, 0.3) is 5.91 Å². The molecule has 4 rings (SSSR count). The lowest BCUT2D eigenvalue weighted by atomic mass is 10.0. The monoisotopic (exact) mass is 300 g/mol. The van der Waals surface area contributed by atoms with Crippen molar-refractivity contribution in [1.29, 1.82) is 0 Å². The van der Waals surface area contributed by atoms with Crippen LogP contribution >= 0.6 is 0 Å². The zero-order chi connectivity index (χ0) is 15.3. The van der Waals surface area contributed by atoms with Crippen molar-refractivity contribution in [3.8, 4) is 0 Å². The summed E-state index contributed by atoms with van der Waals surface area (Å²) in [5.41, 5.74) is 1.89. The van der Waals surface area contributed by atoms with Gasteiger partial charge in [0.15, 0.2) is 11.3 Å². The van der Waals surface area contributed by atoms with E-state index in [4.69, 9.17) is 4.42 Å². The quantitative estimate of drug-likeness (QED) is 0.896. The van der Waals surface area contributed by atoms with Gasteiger partial charge in [-0.3, -0.25) is 4.79 Å². The molecule has 3 heterocycles. The van der Waals surface area contributed by atoms with Crippen LogP contribution < -0.4 is 15.5 Å². The van der Waals surface area contributed by atoms with Crippen LogP contribution in [0.1, 0.15) is 23.3 Å². The highest BCUT2D eigenvalue weighted by Gasteiger charge is 2.40. The number of nitrogens with one attached hydrogen (secondary N) is 2. The molecule has 0 radical (unpaired) electrons. The molecule has 2 N–H and O–H groups in total. The van der Waals surface area contributed by atoms with E-state index < -0.39 is 0 Å². The number of aromatic nitrogens is 1. The Morgan fingerprint density at radius 2 is 2.32 bits per heavy atom. The van der Waals surface area contributed by atoms with E-state index in [1.54, 1.807) is 12.5 Å². The second-order valence-electron chi connectivity index (χ2n) is 6.47. The van der Waals surface area contributed by atoms with Crippen LogP contribution in [-0.4, -0.2) is 43.6 Å². The number of nitrogens with zero attached hydrogens (tertiary/aromatic N) is 2. The highest BCUT2D eigenvalue weighted by molar-refractivity contribution is 6.06. The van der Waals surface area contributed by atoms with Crippen molar-refractivity contribution in [3.63, 3.8) is 0 Å². The van der Waals surface area contributed by atoms with Gasteiger partial charge >= 0.3 is 0 Å². The molecule has 2 fully saturated rings. The molecule has 6 heteroatoms. The first-order valence-corrected chi connectivity index (χ1v) is 7.71. The van der Waals surface area contributed by atoms with Crippen LogP contribution in [0.5, 0.6) is 0 Å². The summed E-state index contributed by atoms with van der Waals surface area (Å²) in [5, 5.41) is 7.51. The lowest BCUT2D eigenvalue weighted by Crippen LogP contribution is -2.44. The lowest BCUT2D eigenvalue weighted by molar-refractivity contribution is 0.0921. The third kappa shape index (κ3) is 2.06. The minimum atomic E-state index is -0.136. The van der Waals surface area contributed by atoms with Gasteiger partial charge in [0.1, 0.15) is 6.26 Å². The van der Waals surface area contributed by atoms with Crippen molar-refractivity contribution < 1.29 is 9.21 Å². The summed E-state index contributed by atoms with van der Waals surface area (Å²) in [4.78, 5) is 18.8. The molecule has 1 saturated carbocycles. The SMILES string of the molecule is CN(C)c1coc2c(C(=O)NC3CC4CC3CN4)nccc12. The molecule has 0 aromatic carbocycles. The van der Waals surface area contributed by atoms with Crippen LogP contribution in [0, 0.1) is 5.92 Å². The van der Waals surface area contributed by atoms with Crippen LogP contribution in [-0.2, 0) is 0 Å². The van der Waals surface area contributed by atoms with Gasteiger partial charge < -0.3 is 20.0 Å². The van der Waals surface area contributed by atoms with E-state index in [0.717, 1.165) is 30.5 Å². The molecule has 2 aliphatic rings. The van der Waals surface area contributed by atoms with Gasteiger partial charge in [-0.25, -0.2) is 4.98 Å². The molecule has 1 saturated heterocycles. The number of carbonyl (C=O) groups excluding carboxylic acids is 1. The number of pyridine rings is 1. The van der Waals surface area contributed by atoms with Gasteiger partial charge in [0.05, 0.1) is 5.69 Å². The first-order valence-electron chi connectivity index (χ1n) is 7.71. The average molecular weight is 300 g/mol. The number of furan rings is 1. The minimum absolute atomic E-state index is 0.136. The standard InChI is InChI=1S/C16H20N4O2/c1-20(2)13-8-22-15-11(13)3-4-17-14(15)16(21)19-12-6-10-5-9(12)7-18-10/h3-4,8-10,12,18H,5-7H2,1-2H3,(H,19,21). The molecule has 3 unspecified atom stereocenters. The van der Waals surface area contributed by atoms with E-state index in [-0.39, 0.29) is 11.9 Å². The smallest absolute Gasteiger partial charge is 0.274 e. The molecule has 2 aromatic rings.